The van der Waals surface area contributed by atoms with Crippen LogP contribution in [0, 0.1) is 0 Å². The molecule has 0 heterocycles. The predicted octanol–water partition coefficient (Wildman–Crippen LogP) is 1.78. The summed E-state index contributed by atoms with van der Waals surface area (Å²) in [6.07, 6.45) is 9.14. The monoisotopic (exact) mass is 142 g/mol. The topological polar surface area (TPSA) is 40.5 Å². The minimum atomic E-state index is 0.268. The zero-order valence-electron chi connectivity index (χ0n) is 6.03. The van der Waals surface area contributed by atoms with Crippen molar-refractivity contribution in [2.45, 2.75) is 19.3 Å². The van der Waals surface area contributed by atoms with Crippen molar-refractivity contribution >= 4 is 0 Å². The molecule has 0 aromatic carbocycles. The van der Waals surface area contributed by atoms with E-state index in [-0.39, 0.29) is 6.61 Å². The second-order valence-corrected chi connectivity index (χ2v) is 1.99. The number of hydrogen-bond donors (Lipinski definition) is 2. The Bertz CT molecular complexity index is 106. The van der Waals surface area contributed by atoms with E-state index >= 15 is 0 Å². The average Bonchev–Trinajstić information content (AvgIpc) is 1.97. The Balaban J connectivity index is 3.02. The van der Waals surface area contributed by atoms with Gasteiger partial charge < -0.3 is 10.2 Å². The van der Waals surface area contributed by atoms with Gasteiger partial charge in [-0.25, -0.2) is 0 Å². The number of rotatable bonds is 5. The number of aliphatic hydroxyl groups is 2. The van der Waals surface area contributed by atoms with E-state index in [1.165, 1.54) is 0 Å². The fraction of sp³-hybridized carbons (Fsp3) is 0.500. The molecule has 0 fully saturated rings. The third-order valence-electron chi connectivity index (χ3n) is 1.11. The van der Waals surface area contributed by atoms with E-state index in [2.05, 4.69) is 0 Å². The van der Waals surface area contributed by atoms with Crippen molar-refractivity contribution in [3.8, 4) is 0 Å². The van der Waals surface area contributed by atoms with Gasteiger partial charge >= 0.3 is 0 Å². The SMILES string of the molecule is O/C=C/C=C/CCCCO. The van der Waals surface area contributed by atoms with Crippen LogP contribution in [0.3, 0.4) is 0 Å². The minimum Gasteiger partial charge on any atom is -0.516 e. The highest BCUT2D eigenvalue weighted by atomic mass is 16.3. The van der Waals surface area contributed by atoms with E-state index in [1.54, 1.807) is 12.2 Å². The molecule has 0 aliphatic carbocycles. The lowest BCUT2D eigenvalue weighted by molar-refractivity contribution is 0.285. The molecule has 0 atom stereocenters. The van der Waals surface area contributed by atoms with Crippen molar-refractivity contribution in [2.24, 2.45) is 0 Å². The normalized spacial score (nSPS) is 11.7. The molecule has 0 bridgehead atoms. The minimum absolute atomic E-state index is 0.268. The van der Waals surface area contributed by atoms with Crippen LogP contribution < -0.4 is 0 Å². The second-order valence-electron chi connectivity index (χ2n) is 1.99. The predicted molar refractivity (Wildman–Crippen MR) is 41.8 cm³/mol. The zero-order valence-corrected chi connectivity index (χ0v) is 6.03. The Labute approximate surface area is 61.5 Å². The van der Waals surface area contributed by atoms with Gasteiger partial charge in [-0.15, -0.1) is 0 Å². The van der Waals surface area contributed by atoms with E-state index < -0.39 is 0 Å². The van der Waals surface area contributed by atoms with Crippen LogP contribution in [-0.2, 0) is 0 Å². The van der Waals surface area contributed by atoms with Crippen molar-refractivity contribution in [1.29, 1.82) is 0 Å². The third kappa shape index (κ3) is 7.24. The molecule has 0 aromatic rings. The van der Waals surface area contributed by atoms with Crippen LogP contribution in [0.2, 0.25) is 0 Å². The summed E-state index contributed by atoms with van der Waals surface area (Å²) < 4.78 is 0. The van der Waals surface area contributed by atoms with Crippen LogP contribution in [0.1, 0.15) is 19.3 Å². The summed E-state index contributed by atoms with van der Waals surface area (Å²) in [5.41, 5.74) is 0. The summed E-state index contributed by atoms with van der Waals surface area (Å²) in [7, 11) is 0. The molecule has 58 valence electrons. The highest BCUT2D eigenvalue weighted by Crippen LogP contribution is 1.94. The Morgan fingerprint density at radius 3 is 2.50 bits per heavy atom. The first-order valence-electron chi connectivity index (χ1n) is 3.48. The van der Waals surface area contributed by atoms with Crippen molar-refractivity contribution < 1.29 is 10.2 Å². The van der Waals surface area contributed by atoms with Crippen molar-refractivity contribution in [1.82, 2.24) is 0 Å². The van der Waals surface area contributed by atoms with Crippen LogP contribution in [0.4, 0.5) is 0 Å². The van der Waals surface area contributed by atoms with E-state index in [0.717, 1.165) is 25.5 Å². The summed E-state index contributed by atoms with van der Waals surface area (Å²) in [6.45, 7) is 0.268. The lowest BCUT2D eigenvalue weighted by Gasteiger charge is -1.88. The molecule has 0 unspecified atom stereocenters. The van der Waals surface area contributed by atoms with E-state index in [1.807, 2.05) is 6.08 Å². The maximum atomic E-state index is 8.39. The Kier molecular flexibility index (Phi) is 7.61. The molecule has 0 saturated heterocycles. The highest BCUT2D eigenvalue weighted by Gasteiger charge is 1.80. The van der Waals surface area contributed by atoms with Gasteiger partial charge in [0, 0.05) is 6.61 Å². The quantitative estimate of drug-likeness (QED) is 0.349. The first-order valence-corrected chi connectivity index (χ1v) is 3.48. The van der Waals surface area contributed by atoms with Gasteiger partial charge in [0.1, 0.15) is 0 Å². The molecule has 0 radical (unpaired) electrons. The third-order valence-corrected chi connectivity index (χ3v) is 1.11. The summed E-state index contributed by atoms with van der Waals surface area (Å²) in [4.78, 5) is 0. The van der Waals surface area contributed by atoms with Gasteiger partial charge in [0.05, 0.1) is 6.26 Å². The van der Waals surface area contributed by atoms with Gasteiger partial charge in [0.2, 0.25) is 0 Å². The maximum absolute atomic E-state index is 8.39. The smallest absolute Gasteiger partial charge is 0.0791 e. The average molecular weight is 142 g/mol. The van der Waals surface area contributed by atoms with Crippen molar-refractivity contribution in [3.63, 3.8) is 0 Å². The maximum Gasteiger partial charge on any atom is 0.0791 e. The molecule has 2 N–H and O–H groups in total. The van der Waals surface area contributed by atoms with Crippen LogP contribution in [-0.4, -0.2) is 16.8 Å². The highest BCUT2D eigenvalue weighted by molar-refractivity contribution is 4.98. The van der Waals surface area contributed by atoms with Gasteiger partial charge in [-0.1, -0.05) is 12.2 Å². The van der Waals surface area contributed by atoms with Crippen molar-refractivity contribution in [2.75, 3.05) is 6.61 Å². The molecule has 0 saturated carbocycles. The molecule has 0 spiro atoms. The summed E-state index contributed by atoms with van der Waals surface area (Å²) in [5, 5.41) is 16.6. The number of aliphatic hydroxyl groups excluding tert-OH is 2. The van der Waals surface area contributed by atoms with Gasteiger partial charge in [0.25, 0.3) is 0 Å². The lowest BCUT2D eigenvalue weighted by Crippen LogP contribution is -1.79. The molecule has 0 rings (SSSR count). The van der Waals surface area contributed by atoms with Gasteiger partial charge in [0.15, 0.2) is 0 Å². The van der Waals surface area contributed by atoms with Crippen LogP contribution >= 0.6 is 0 Å². The van der Waals surface area contributed by atoms with Crippen molar-refractivity contribution in [3.05, 3.63) is 24.5 Å². The molecule has 0 amide bonds. The molecule has 0 aliphatic rings. The molecular formula is C8H14O2. The van der Waals surface area contributed by atoms with Crippen LogP contribution in [0.5, 0.6) is 0 Å². The number of allylic oxidation sites excluding steroid dienone is 3. The number of hydrogen-bond acceptors (Lipinski definition) is 2. The molecule has 0 aliphatic heterocycles. The zero-order chi connectivity index (χ0) is 7.66. The number of unbranched alkanes of at least 4 members (excludes halogenated alkanes) is 2. The molecular weight excluding hydrogens is 128 g/mol. The fourth-order valence-corrected chi connectivity index (χ4v) is 0.598. The van der Waals surface area contributed by atoms with Gasteiger partial charge in [-0.2, -0.15) is 0 Å². The van der Waals surface area contributed by atoms with Crippen LogP contribution in [0.15, 0.2) is 24.5 Å². The lowest BCUT2D eigenvalue weighted by atomic mass is 10.2. The fourth-order valence-electron chi connectivity index (χ4n) is 0.598. The van der Waals surface area contributed by atoms with E-state index in [9.17, 15) is 0 Å². The first-order chi connectivity index (χ1) is 4.91. The molecule has 0 aromatic heterocycles. The van der Waals surface area contributed by atoms with Gasteiger partial charge in [-0.05, 0) is 25.3 Å². The Morgan fingerprint density at radius 2 is 1.90 bits per heavy atom. The van der Waals surface area contributed by atoms with Gasteiger partial charge in [-0.3, -0.25) is 0 Å². The largest absolute Gasteiger partial charge is 0.516 e. The summed E-state index contributed by atoms with van der Waals surface area (Å²) >= 11 is 0. The Hall–Kier alpha value is -0.760. The summed E-state index contributed by atoms with van der Waals surface area (Å²) in [5.74, 6) is 0. The van der Waals surface area contributed by atoms with Crippen LogP contribution in [0.25, 0.3) is 0 Å². The second kappa shape index (κ2) is 8.24. The van der Waals surface area contributed by atoms with E-state index in [0.29, 0.717) is 0 Å². The molecule has 2 heteroatoms. The first kappa shape index (κ1) is 9.24. The summed E-state index contributed by atoms with van der Waals surface area (Å²) in [6, 6.07) is 0. The molecule has 2 nitrogen and oxygen atoms in total. The standard InChI is InChI=1S/C8H14O2/c9-7-5-3-1-2-4-6-8-10/h1,3,5,7,9-10H,2,4,6,8H2/b3-1+,7-5+. The Morgan fingerprint density at radius 1 is 1.10 bits per heavy atom. The molecule has 10 heavy (non-hydrogen) atoms. The van der Waals surface area contributed by atoms with E-state index in [4.69, 9.17) is 10.2 Å².